The summed E-state index contributed by atoms with van der Waals surface area (Å²) < 4.78 is 26.6. The SMILES string of the molecule is CC(NC(=O)NC1(C(N)=O)CCCC1)c1ccc(F)cc1F. The molecule has 2 rings (SSSR count). The van der Waals surface area contributed by atoms with E-state index >= 15 is 0 Å². The third kappa shape index (κ3) is 3.35. The molecule has 22 heavy (non-hydrogen) atoms. The second-order valence-electron chi connectivity index (χ2n) is 5.64. The van der Waals surface area contributed by atoms with Gasteiger partial charge in [0, 0.05) is 11.6 Å². The van der Waals surface area contributed by atoms with Crippen molar-refractivity contribution >= 4 is 11.9 Å². The van der Waals surface area contributed by atoms with Crippen LogP contribution in [-0.2, 0) is 4.79 Å². The quantitative estimate of drug-likeness (QED) is 0.796. The summed E-state index contributed by atoms with van der Waals surface area (Å²) in [5.41, 5.74) is 4.51. The Morgan fingerprint density at radius 2 is 1.91 bits per heavy atom. The molecular weight excluding hydrogens is 292 g/mol. The lowest BCUT2D eigenvalue weighted by Crippen LogP contribution is -2.58. The molecule has 1 aromatic rings. The van der Waals surface area contributed by atoms with E-state index in [0.717, 1.165) is 25.0 Å². The molecule has 5 nitrogen and oxygen atoms in total. The minimum atomic E-state index is -1.04. The van der Waals surface area contributed by atoms with Crippen LogP contribution in [0, 0.1) is 11.6 Å². The van der Waals surface area contributed by atoms with E-state index in [4.69, 9.17) is 5.73 Å². The normalized spacial score (nSPS) is 17.8. The van der Waals surface area contributed by atoms with E-state index < -0.39 is 35.2 Å². The molecule has 0 saturated heterocycles. The van der Waals surface area contributed by atoms with Crippen molar-refractivity contribution in [3.8, 4) is 0 Å². The van der Waals surface area contributed by atoms with Crippen molar-refractivity contribution in [3.05, 3.63) is 35.4 Å². The Labute approximate surface area is 127 Å². The van der Waals surface area contributed by atoms with Crippen LogP contribution in [0.5, 0.6) is 0 Å². The van der Waals surface area contributed by atoms with Gasteiger partial charge < -0.3 is 16.4 Å². The number of nitrogens with one attached hydrogen (secondary N) is 2. The van der Waals surface area contributed by atoms with Gasteiger partial charge in [-0.15, -0.1) is 0 Å². The lowest BCUT2D eigenvalue weighted by atomic mass is 9.97. The molecule has 1 unspecified atom stereocenters. The third-order valence-electron chi connectivity index (χ3n) is 4.06. The van der Waals surface area contributed by atoms with Crippen LogP contribution >= 0.6 is 0 Å². The Bertz CT molecular complexity index is 586. The van der Waals surface area contributed by atoms with E-state index in [1.165, 1.54) is 6.07 Å². The number of hydrogen-bond acceptors (Lipinski definition) is 2. The maximum Gasteiger partial charge on any atom is 0.316 e. The van der Waals surface area contributed by atoms with Gasteiger partial charge in [0.25, 0.3) is 0 Å². The second-order valence-corrected chi connectivity index (χ2v) is 5.64. The molecule has 1 atom stereocenters. The number of primary amides is 1. The van der Waals surface area contributed by atoms with Gasteiger partial charge in [-0.1, -0.05) is 18.9 Å². The summed E-state index contributed by atoms with van der Waals surface area (Å²) in [6, 6.07) is 1.88. The van der Waals surface area contributed by atoms with Crippen LogP contribution in [0.3, 0.4) is 0 Å². The molecule has 1 fully saturated rings. The van der Waals surface area contributed by atoms with E-state index in [2.05, 4.69) is 10.6 Å². The van der Waals surface area contributed by atoms with Crippen LogP contribution in [0.4, 0.5) is 13.6 Å². The van der Waals surface area contributed by atoms with Crippen LogP contribution in [0.25, 0.3) is 0 Å². The highest BCUT2D eigenvalue weighted by Crippen LogP contribution is 2.29. The minimum absolute atomic E-state index is 0.163. The smallest absolute Gasteiger partial charge is 0.316 e. The van der Waals surface area contributed by atoms with Gasteiger partial charge in [0.1, 0.15) is 17.2 Å². The first-order valence-corrected chi connectivity index (χ1v) is 7.17. The molecule has 1 saturated carbocycles. The Hall–Kier alpha value is -2.18. The Balaban J connectivity index is 2.03. The highest BCUT2D eigenvalue weighted by atomic mass is 19.1. The molecule has 3 amide bonds. The van der Waals surface area contributed by atoms with E-state index in [9.17, 15) is 18.4 Å². The van der Waals surface area contributed by atoms with E-state index in [0.29, 0.717) is 12.8 Å². The molecule has 0 aliphatic heterocycles. The molecule has 0 spiro atoms. The standard InChI is InChI=1S/C15H19F2N3O2/c1-9(11-5-4-10(16)8-12(11)17)19-14(22)20-15(13(18)21)6-2-3-7-15/h4-5,8-9H,2-3,6-7H2,1H3,(H2,18,21)(H2,19,20,22). The van der Waals surface area contributed by atoms with Gasteiger partial charge in [-0.05, 0) is 25.8 Å². The van der Waals surface area contributed by atoms with Crippen molar-refractivity contribution < 1.29 is 18.4 Å². The van der Waals surface area contributed by atoms with E-state index in [-0.39, 0.29) is 5.56 Å². The largest absolute Gasteiger partial charge is 0.368 e. The first kappa shape index (κ1) is 16.2. The number of carbonyl (C=O) groups is 2. The molecule has 1 aliphatic rings. The van der Waals surface area contributed by atoms with Gasteiger partial charge in [0.15, 0.2) is 0 Å². The molecule has 0 bridgehead atoms. The van der Waals surface area contributed by atoms with Crippen molar-refractivity contribution in [1.29, 1.82) is 0 Å². The van der Waals surface area contributed by atoms with E-state index in [1.54, 1.807) is 6.92 Å². The fourth-order valence-corrected chi connectivity index (χ4v) is 2.79. The highest BCUT2D eigenvalue weighted by Gasteiger charge is 2.41. The van der Waals surface area contributed by atoms with Crippen molar-refractivity contribution in [2.45, 2.75) is 44.2 Å². The number of urea groups is 1. The van der Waals surface area contributed by atoms with Gasteiger partial charge in [0.2, 0.25) is 5.91 Å². The lowest BCUT2D eigenvalue weighted by molar-refractivity contribution is -0.123. The zero-order valence-corrected chi connectivity index (χ0v) is 12.3. The van der Waals surface area contributed by atoms with Crippen molar-refractivity contribution in [2.24, 2.45) is 5.73 Å². The number of halogens is 2. The fraction of sp³-hybridized carbons (Fsp3) is 0.467. The Kier molecular flexibility index (Phi) is 4.63. The number of carbonyl (C=O) groups excluding carboxylic acids is 2. The molecule has 120 valence electrons. The maximum absolute atomic E-state index is 13.7. The van der Waals surface area contributed by atoms with Crippen molar-refractivity contribution in [3.63, 3.8) is 0 Å². The summed E-state index contributed by atoms with van der Waals surface area (Å²) >= 11 is 0. The van der Waals surface area contributed by atoms with Gasteiger partial charge in [-0.25, -0.2) is 13.6 Å². The summed E-state index contributed by atoms with van der Waals surface area (Å²) in [6.45, 7) is 1.57. The number of amides is 3. The monoisotopic (exact) mass is 311 g/mol. The van der Waals surface area contributed by atoms with Gasteiger partial charge in [-0.2, -0.15) is 0 Å². The van der Waals surface area contributed by atoms with Gasteiger partial charge >= 0.3 is 6.03 Å². The van der Waals surface area contributed by atoms with Gasteiger partial charge in [0.05, 0.1) is 6.04 Å². The number of benzene rings is 1. The molecule has 1 aliphatic carbocycles. The summed E-state index contributed by atoms with van der Waals surface area (Å²) in [5, 5.41) is 5.14. The number of rotatable bonds is 4. The average Bonchev–Trinajstić information content (AvgIpc) is 2.88. The van der Waals surface area contributed by atoms with Crippen LogP contribution in [0.1, 0.15) is 44.2 Å². The molecule has 7 heteroatoms. The first-order valence-electron chi connectivity index (χ1n) is 7.17. The van der Waals surface area contributed by atoms with Crippen molar-refractivity contribution in [1.82, 2.24) is 10.6 Å². The van der Waals surface area contributed by atoms with Gasteiger partial charge in [-0.3, -0.25) is 4.79 Å². The first-order chi connectivity index (χ1) is 10.3. The maximum atomic E-state index is 13.7. The zero-order valence-electron chi connectivity index (χ0n) is 12.3. The molecule has 0 aromatic heterocycles. The summed E-state index contributed by atoms with van der Waals surface area (Å²) in [5.74, 6) is -1.99. The van der Waals surface area contributed by atoms with E-state index in [1.807, 2.05) is 0 Å². The average molecular weight is 311 g/mol. The van der Waals surface area contributed by atoms with Crippen LogP contribution < -0.4 is 16.4 Å². The van der Waals surface area contributed by atoms with Crippen LogP contribution in [-0.4, -0.2) is 17.5 Å². The molecule has 1 aromatic carbocycles. The van der Waals surface area contributed by atoms with Crippen LogP contribution in [0.2, 0.25) is 0 Å². The highest BCUT2D eigenvalue weighted by molar-refractivity contribution is 5.90. The molecule has 0 heterocycles. The number of nitrogens with two attached hydrogens (primary N) is 1. The van der Waals surface area contributed by atoms with Crippen LogP contribution in [0.15, 0.2) is 18.2 Å². The van der Waals surface area contributed by atoms with Crippen molar-refractivity contribution in [2.75, 3.05) is 0 Å². The summed E-state index contributed by atoms with van der Waals surface area (Å²) in [6.07, 6.45) is 2.61. The Morgan fingerprint density at radius 3 is 2.45 bits per heavy atom. The zero-order chi connectivity index (χ0) is 16.3. The third-order valence-corrected chi connectivity index (χ3v) is 4.06. The predicted molar refractivity (Wildman–Crippen MR) is 76.8 cm³/mol. The fourth-order valence-electron chi connectivity index (χ4n) is 2.79. The predicted octanol–water partition coefficient (Wildman–Crippen LogP) is 2.12. The Morgan fingerprint density at radius 1 is 1.27 bits per heavy atom. The topological polar surface area (TPSA) is 84.2 Å². The minimum Gasteiger partial charge on any atom is -0.368 e. The second kappa shape index (κ2) is 6.29. The lowest BCUT2D eigenvalue weighted by Gasteiger charge is -2.27. The molecule has 4 N–H and O–H groups in total. The summed E-state index contributed by atoms with van der Waals surface area (Å²) in [4.78, 5) is 23.6. The number of hydrogen-bond donors (Lipinski definition) is 3. The molecular formula is C15H19F2N3O2. The molecule has 0 radical (unpaired) electrons. The summed E-state index contributed by atoms with van der Waals surface area (Å²) in [7, 11) is 0.